The van der Waals surface area contributed by atoms with Gasteiger partial charge in [0.1, 0.15) is 0 Å². The summed E-state index contributed by atoms with van der Waals surface area (Å²) in [5.74, 6) is 0.136. The Morgan fingerprint density at radius 2 is 1.67 bits per heavy atom. The van der Waals surface area contributed by atoms with Crippen molar-refractivity contribution in [1.82, 2.24) is 9.47 Å². The first-order valence-electron chi connectivity index (χ1n) is 9.92. The molecule has 2 aliphatic rings. The van der Waals surface area contributed by atoms with E-state index in [1.54, 1.807) is 12.1 Å². The fourth-order valence-corrected chi connectivity index (χ4v) is 4.50. The van der Waals surface area contributed by atoms with Crippen molar-refractivity contribution in [3.05, 3.63) is 54.4 Å². The topological polar surface area (TPSA) is 51.5 Å². The number of likely N-dealkylation sites (tertiary alicyclic amines) is 1. The van der Waals surface area contributed by atoms with Crippen LogP contribution in [0.1, 0.15) is 48.9 Å². The lowest BCUT2D eigenvalue weighted by Crippen LogP contribution is -2.50. The van der Waals surface area contributed by atoms with E-state index in [1.807, 2.05) is 46.1 Å². The molecule has 1 aliphatic carbocycles. The number of piperidine rings is 1. The molecule has 2 aromatic rings. The third kappa shape index (κ3) is 3.92. The van der Waals surface area contributed by atoms with Gasteiger partial charge in [0.15, 0.2) is 6.61 Å². The molecule has 0 radical (unpaired) electrons. The molecule has 27 heavy (non-hydrogen) atoms. The highest BCUT2D eigenvalue weighted by Gasteiger charge is 2.35. The van der Waals surface area contributed by atoms with Crippen LogP contribution in [-0.2, 0) is 9.53 Å². The molecular weight excluding hydrogens is 340 g/mol. The monoisotopic (exact) mass is 366 g/mol. The second-order valence-corrected chi connectivity index (χ2v) is 7.55. The highest BCUT2D eigenvalue weighted by Crippen LogP contribution is 2.35. The number of nitrogens with zero attached hydrogens (tertiary/aromatic N) is 2. The number of benzene rings is 1. The predicted octanol–water partition coefficient (Wildman–Crippen LogP) is 3.82. The van der Waals surface area contributed by atoms with Gasteiger partial charge in [-0.25, -0.2) is 4.79 Å². The normalized spacial score (nSPS) is 22.1. The molecule has 1 saturated heterocycles. The third-order valence-corrected chi connectivity index (χ3v) is 5.90. The van der Waals surface area contributed by atoms with Crippen LogP contribution >= 0.6 is 0 Å². The summed E-state index contributed by atoms with van der Waals surface area (Å²) in [5.41, 5.74) is 1.44. The molecule has 2 atom stereocenters. The molecule has 0 spiro atoms. The van der Waals surface area contributed by atoms with Gasteiger partial charge in [0.25, 0.3) is 5.91 Å². The van der Waals surface area contributed by atoms with Crippen molar-refractivity contribution in [2.45, 2.75) is 44.6 Å². The maximum atomic E-state index is 12.6. The summed E-state index contributed by atoms with van der Waals surface area (Å²) in [5, 5.41) is 0. The SMILES string of the molecule is O=C(OCC(=O)N1CCC[C@H]2CCCC[C@@H]21)c1ccc(-n2cccc2)cc1. The second kappa shape index (κ2) is 7.99. The molecule has 5 nitrogen and oxygen atoms in total. The van der Waals surface area contributed by atoms with Crippen LogP contribution < -0.4 is 0 Å². The lowest BCUT2D eigenvalue weighted by atomic mass is 9.78. The summed E-state index contributed by atoms with van der Waals surface area (Å²) in [6.07, 6.45) is 11.0. The first-order valence-corrected chi connectivity index (χ1v) is 9.92. The number of esters is 1. The molecule has 0 bridgehead atoms. The Morgan fingerprint density at radius 3 is 2.44 bits per heavy atom. The minimum atomic E-state index is -0.445. The van der Waals surface area contributed by atoms with E-state index in [4.69, 9.17) is 4.74 Å². The molecule has 1 saturated carbocycles. The van der Waals surface area contributed by atoms with Crippen LogP contribution in [0.2, 0.25) is 0 Å². The number of ether oxygens (including phenoxy) is 1. The molecule has 1 aromatic heterocycles. The maximum absolute atomic E-state index is 12.6. The number of hydrogen-bond acceptors (Lipinski definition) is 3. The molecule has 2 fully saturated rings. The van der Waals surface area contributed by atoms with Crippen LogP contribution in [-0.4, -0.2) is 40.5 Å². The highest BCUT2D eigenvalue weighted by molar-refractivity contribution is 5.91. The Kier molecular flexibility index (Phi) is 5.28. The minimum Gasteiger partial charge on any atom is -0.452 e. The molecular formula is C22H26N2O3. The van der Waals surface area contributed by atoms with Crippen molar-refractivity contribution in [3.63, 3.8) is 0 Å². The van der Waals surface area contributed by atoms with Crippen LogP contribution in [0.4, 0.5) is 0 Å². The van der Waals surface area contributed by atoms with Gasteiger partial charge < -0.3 is 14.2 Å². The van der Waals surface area contributed by atoms with Gasteiger partial charge in [-0.05, 0) is 68.0 Å². The van der Waals surface area contributed by atoms with E-state index in [1.165, 1.54) is 25.7 Å². The third-order valence-electron chi connectivity index (χ3n) is 5.90. The Balaban J connectivity index is 1.34. The zero-order chi connectivity index (χ0) is 18.6. The number of amides is 1. The van der Waals surface area contributed by atoms with E-state index in [-0.39, 0.29) is 12.5 Å². The van der Waals surface area contributed by atoms with Gasteiger partial charge in [-0.2, -0.15) is 0 Å². The summed E-state index contributed by atoms with van der Waals surface area (Å²) in [7, 11) is 0. The van der Waals surface area contributed by atoms with Crippen molar-refractivity contribution in [3.8, 4) is 5.69 Å². The molecule has 1 aromatic carbocycles. The lowest BCUT2D eigenvalue weighted by molar-refractivity contribution is -0.140. The summed E-state index contributed by atoms with van der Waals surface area (Å²) in [6.45, 7) is 0.629. The van der Waals surface area contributed by atoms with E-state index in [9.17, 15) is 9.59 Å². The van der Waals surface area contributed by atoms with Crippen LogP contribution in [0.3, 0.4) is 0 Å². The molecule has 0 unspecified atom stereocenters. The Hall–Kier alpha value is -2.56. The van der Waals surface area contributed by atoms with Gasteiger partial charge >= 0.3 is 5.97 Å². The van der Waals surface area contributed by atoms with Crippen molar-refractivity contribution < 1.29 is 14.3 Å². The van der Waals surface area contributed by atoms with Crippen LogP contribution in [0, 0.1) is 5.92 Å². The number of hydrogen-bond donors (Lipinski definition) is 0. The first kappa shape index (κ1) is 17.8. The standard InChI is InChI=1S/C22H26N2O3/c25-21(24-15-5-7-17-6-1-2-8-20(17)24)16-27-22(26)18-9-11-19(12-10-18)23-13-3-4-14-23/h3-4,9-14,17,20H,1-2,5-8,15-16H2/t17-,20+/m1/s1. The van der Waals surface area contributed by atoms with Gasteiger partial charge in [0, 0.05) is 30.7 Å². The zero-order valence-electron chi connectivity index (χ0n) is 15.5. The molecule has 142 valence electrons. The number of fused-ring (bicyclic) bond motifs is 1. The van der Waals surface area contributed by atoms with Crippen molar-refractivity contribution in [1.29, 1.82) is 0 Å². The molecule has 1 amide bonds. The van der Waals surface area contributed by atoms with Crippen molar-refractivity contribution in [2.75, 3.05) is 13.2 Å². The average Bonchev–Trinajstić information content (AvgIpc) is 3.26. The fourth-order valence-electron chi connectivity index (χ4n) is 4.50. The fraction of sp³-hybridized carbons (Fsp3) is 0.455. The van der Waals surface area contributed by atoms with Crippen molar-refractivity contribution >= 4 is 11.9 Å². The molecule has 0 N–H and O–H groups in total. The van der Waals surface area contributed by atoms with Gasteiger partial charge in [0.2, 0.25) is 0 Å². The van der Waals surface area contributed by atoms with Gasteiger partial charge in [-0.15, -0.1) is 0 Å². The Labute approximate surface area is 159 Å². The Bertz CT molecular complexity index is 780. The summed E-state index contributed by atoms with van der Waals surface area (Å²) >= 11 is 0. The lowest BCUT2D eigenvalue weighted by Gasteiger charge is -2.44. The Morgan fingerprint density at radius 1 is 0.963 bits per heavy atom. The van der Waals surface area contributed by atoms with Crippen LogP contribution in [0.15, 0.2) is 48.8 Å². The molecule has 4 rings (SSSR count). The second-order valence-electron chi connectivity index (χ2n) is 7.55. The van der Waals surface area contributed by atoms with E-state index >= 15 is 0 Å². The largest absolute Gasteiger partial charge is 0.452 e. The summed E-state index contributed by atoms with van der Waals surface area (Å²) in [4.78, 5) is 26.9. The van der Waals surface area contributed by atoms with Gasteiger partial charge in [-0.1, -0.05) is 12.8 Å². The van der Waals surface area contributed by atoms with Gasteiger partial charge in [-0.3, -0.25) is 4.79 Å². The van der Waals surface area contributed by atoms with E-state index in [0.717, 1.165) is 25.1 Å². The number of aromatic nitrogens is 1. The van der Waals surface area contributed by atoms with E-state index < -0.39 is 5.97 Å². The number of rotatable bonds is 4. The van der Waals surface area contributed by atoms with Crippen LogP contribution in [0.5, 0.6) is 0 Å². The smallest absolute Gasteiger partial charge is 0.338 e. The number of carbonyl (C=O) groups excluding carboxylic acids is 2. The van der Waals surface area contributed by atoms with Gasteiger partial charge in [0.05, 0.1) is 5.56 Å². The van der Waals surface area contributed by atoms with E-state index in [0.29, 0.717) is 17.5 Å². The molecule has 1 aliphatic heterocycles. The van der Waals surface area contributed by atoms with E-state index in [2.05, 4.69) is 0 Å². The zero-order valence-corrected chi connectivity index (χ0v) is 15.5. The van der Waals surface area contributed by atoms with Crippen LogP contribution in [0.25, 0.3) is 5.69 Å². The average molecular weight is 366 g/mol. The maximum Gasteiger partial charge on any atom is 0.338 e. The number of carbonyl (C=O) groups is 2. The first-order chi connectivity index (χ1) is 13.2. The predicted molar refractivity (Wildman–Crippen MR) is 103 cm³/mol. The van der Waals surface area contributed by atoms with Crippen molar-refractivity contribution in [2.24, 2.45) is 5.92 Å². The quantitative estimate of drug-likeness (QED) is 0.773. The minimum absolute atomic E-state index is 0.0519. The molecule has 2 heterocycles. The summed E-state index contributed by atoms with van der Waals surface area (Å²) in [6, 6.07) is 11.5. The summed E-state index contributed by atoms with van der Waals surface area (Å²) < 4.78 is 7.28. The molecule has 5 heteroatoms. The highest BCUT2D eigenvalue weighted by atomic mass is 16.5.